The lowest BCUT2D eigenvalue weighted by molar-refractivity contribution is 0.395. The molecule has 0 saturated heterocycles. The average molecular weight is 316 g/mol. The van der Waals surface area contributed by atoms with E-state index in [4.69, 9.17) is 9.47 Å². The predicted octanol–water partition coefficient (Wildman–Crippen LogP) is 3.84. The highest BCUT2D eigenvalue weighted by Crippen LogP contribution is 2.30. The highest BCUT2D eigenvalue weighted by molar-refractivity contribution is 5.64. The van der Waals surface area contributed by atoms with Crippen molar-refractivity contribution >= 4 is 17.5 Å². The van der Waals surface area contributed by atoms with Crippen molar-refractivity contribution in [3.05, 3.63) is 30.5 Å². The summed E-state index contributed by atoms with van der Waals surface area (Å²) in [6, 6.07) is 7.41. The lowest BCUT2D eigenvalue weighted by Crippen LogP contribution is -2.06. The molecule has 0 atom stereocenters. The molecule has 1 aromatic heterocycles. The van der Waals surface area contributed by atoms with Crippen molar-refractivity contribution in [1.82, 2.24) is 9.97 Å². The first kappa shape index (κ1) is 16.9. The van der Waals surface area contributed by atoms with Crippen LogP contribution in [0, 0.1) is 0 Å². The van der Waals surface area contributed by atoms with Crippen LogP contribution in [-0.2, 0) is 0 Å². The monoisotopic (exact) mass is 316 g/mol. The summed E-state index contributed by atoms with van der Waals surface area (Å²) in [7, 11) is 3.24. The van der Waals surface area contributed by atoms with Crippen LogP contribution in [-0.4, -0.2) is 30.7 Å². The largest absolute Gasteiger partial charge is 0.497 e. The molecular weight excluding hydrogens is 292 g/mol. The van der Waals surface area contributed by atoms with E-state index in [1.54, 1.807) is 20.4 Å². The molecule has 2 rings (SSSR count). The molecule has 23 heavy (non-hydrogen) atoms. The van der Waals surface area contributed by atoms with Crippen LogP contribution in [0.5, 0.6) is 11.5 Å². The number of anilines is 3. The minimum atomic E-state index is 0.522. The molecule has 0 amide bonds. The quantitative estimate of drug-likeness (QED) is 0.685. The van der Waals surface area contributed by atoms with Gasteiger partial charge in [0.2, 0.25) is 5.95 Å². The van der Waals surface area contributed by atoms with Crippen molar-refractivity contribution in [1.29, 1.82) is 0 Å². The molecule has 0 radical (unpaired) electrons. The highest BCUT2D eigenvalue weighted by Gasteiger charge is 2.07. The summed E-state index contributed by atoms with van der Waals surface area (Å²) in [5, 5.41) is 6.48. The lowest BCUT2D eigenvalue weighted by Gasteiger charge is -2.12. The van der Waals surface area contributed by atoms with Gasteiger partial charge in [-0.05, 0) is 24.6 Å². The van der Waals surface area contributed by atoms with Crippen molar-refractivity contribution in [2.45, 2.75) is 26.2 Å². The number of methoxy groups -OCH3 is 2. The molecular formula is C17H24N4O2. The first-order valence-corrected chi connectivity index (χ1v) is 7.82. The Morgan fingerprint density at radius 3 is 2.70 bits per heavy atom. The molecule has 1 aromatic carbocycles. The second kappa shape index (κ2) is 8.82. The third-order valence-electron chi connectivity index (χ3n) is 3.40. The Bertz CT molecular complexity index is 619. The predicted molar refractivity (Wildman–Crippen MR) is 92.9 cm³/mol. The van der Waals surface area contributed by atoms with Crippen LogP contribution in [0.25, 0.3) is 0 Å². The van der Waals surface area contributed by atoms with Crippen molar-refractivity contribution in [2.75, 3.05) is 31.4 Å². The van der Waals surface area contributed by atoms with Crippen LogP contribution in [0.15, 0.2) is 30.5 Å². The molecule has 0 saturated carbocycles. The average Bonchev–Trinajstić information content (AvgIpc) is 2.59. The number of hydrogen-bond acceptors (Lipinski definition) is 6. The van der Waals surface area contributed by atoms with E-state index in [-0.39, 0.29) is 0 Å². The third-order valence-corrected chi connectivity index (χ3v) is 3.40. The molecule has 0 unspecified atom stereocenters. The third kappa shape index (κ3) is 5.02. The van der Waals surface area contributed by atoms with Gasteiger partial charge >= 0.3 is 0 Å². The van der Waals surface area contributed by atoms with E-state index in [1.807, 2.05) is 24.3 Å². The van der Waals surface area contributed by atoms with Crippen molar-refractivity contribution in [3.8, 4) is 11.5 Å². The van der Waals surface area contributed by atoms with E-state index in [2.05, 4.69) is 27.5 Å². The Labute approximate surface area is 137 Å². The Morgan fingerprint density at radius 1 is 1.09 bits per heavy atom. The van der Waals surface area contributed by atoms with E-state index >= 15 is 0 Å². The van der Waals surface area contributed by atoms with Gasteiger partial charge in [-0.2, -0.15) is 4.98 Å². The second-order valence-electron chi connectivity index (χ2n) is 5.09. The number of hydrogen-bond donors (Lipinski definition) is 2. The molecule has 0 aliphatic carbocycles. The molecule has 6 nitrogen and oxygen atoms in total. The second-order valence-corrected chi connectivity index (χ2v) is 5.09. The number of nitrogens with zero attached hydrogens (tertiary/aromatic N) is 2. The summed E-state index contributed by atoms with van der Waals surface area (Å²) in [6.45, 7) is 3.10. The van der Waals surface area contributed by atoms with Crippen molar-refractivity contribution in [2.24, 2.45) is 0 Å². The Hall–Kier alpha value is -2.50. The lowest BCUT2D eigenvalue weighted by atomic mass is 10.2. The normalized spacial score (nSPS) is 10.2. The van der Waals surface area contributed by atoms with Crippen molar-refractivity contribution < 1.29 is 9.47 Å². The first-order valence-electron chi connectivity index (χ1n) is 7.82. The van der Waals surface area contributed by atoms with Crippen LogP contribution >= 0.6 is 0 Å². The van der Waals surface area contributed by atoms with Gasteiger partial charge in [-0.25, -0.2) is 4.98 Å². The van der Waals surface area contributed by atoms with Gasteiger partial charge < -0.3 is 20.1 Å². The zero-order chi connectivity index (χ0) is 16.5. The molecule has 124 valence electrons. The molecule has 0 aliphatic heterocycles. The van der Waals surface area contributed by atoms with E-state index in [0.29, 0.717) is 11.7 Å². The van der Waals surface area contributed by atoms with Gasteiger partial charge in [-0.3, -0.25) is 0 Å². The maximum atomic E-state index is 5.37. The standard InChI is InChI=1S/C17H24N4O2/c1-4-5-6-10-18-16-9-11-19-17(21-16)20-14-8-7-13(22-2)12-15(14)23-3/h7-9,11-12H,4-6,10H2,1-3H3,(H2,18,19,20,21). The van der Waals surface area contributed by atoms with Crippen LogP contribution in [0.3, 0.4) is 0 Å². The summed E-state index contributed by atoms with van der Waals surface area (Å²) in [5.74, 6) is 2.74. The maximum Gasteiger partial charge on any atom is 0.229 e. The molecule has 0 bridgehead atoms. The Morgan fingerprint density at radius 2 is 1.96 bits per heavy atom. The molecule has 0 aliphatic rings. The molecule has 6 heteroatoms. The van der Waals surface area contributed by atoms with Gasteiger partial charge in [0.1, 0.15) is 17.3 Å². The number of benzene rings is 1. The van der Waals surface area contributed by atoms with Gasteiger partial charge in [-0.15, -0.1) is 0 Å². The zero-order valence-electron chi connectivity index (χ0n) is 13.9. The minimum Gasteiger partial charge on any atom is -0.497 e. The smallest absolute Gasteiger partial charge is 0.229 e. The molecule has 0 fully saturated rings. The summed E-state index contributed by atoms with van der Waals surface area (Å²) in [6.07, 6.45) is 5.28. The van der Waals surface area contributed by atoms with E-state index in [0.717, 1.165) is 30.2 Å². The summed E-state index contributed by atoms with van der Waals surface area (Å²) in [5.41, 5.74) is 0.788. The summed E-state index contributed by atoms with van der Waals surface area (Å²) < 4.78 is 10.6. The van der Waals surface area contributed by atoms with Crippen LogP contribution in [0.4, 0.5) is 17.5 Å². The van der Waals surface area contributed by atoms with E-state index in [1.165, 1.54) is 12.8 Å². The van der Waals surface area contributed by atoms with Gasteiger partial charge in [0.15, 0.2) is 0 Å². The van der Waals surface area contributed by atoms with Crippen LogP contribution in [0.2, 0.25) is 0 Å². The fraction of sp³-hybridized carbons (Fsp3) is 0.412. The SMILES string of the molecule is CCCCCNc1ccnc(Nc2ccc(OC)cc2OC)n1. The zero-order valence-corrected chi connectivity index (χ0v) is 13.9. The van der Waals surface area contributed by atoms with Gasteiger partial charge in [0, 0.05) is 18.8 Å². The number of aromatic nitrogens is 2. The van der Waals surface area contributed by atoms with Gasteiger partial charge in [0.05, 0.1) is 19.9 Å². The Balaban J connectivity index is 2.05. The topological polar surface area (TPSA) is 68.3 Å². The van der Waals surface area contributed by atoms with Crippen LogP contribution < -0.4 is 20.1 Å². The number of rotatable bonds is 9. The Kier molecular flexibility index (Phi) is 6.47. The fourth-order valence-electron chi connectivity index (χ4n) is 2.13. The van der Waals surface area contributed by atoms with Gasteiger partial charge in [-0.1, -0.05) is 19.8 Å². The molecule has 1 heterocycles. The number of unbranched alkanes of at least 4 members (excludes halogenated alkanes) is 2. The highest BCUT2D eigenvalue weighted by atomic mass is 16.5. The first-order chi connectivity index (χ1) is 11.3. The number of ether oxygens (including phenoxy) is 2. The summed E-state index contributed by atoms with van der Waals surface area (Å²) >= 11 is 0. The maximum absolute atomic E-state index is 5.37. The van der Waals surface area contributed by atoms with Crippen LogP contribution in [0.1, 0.15) is 26.2 Å². The molecule has 0 spiro atoms. The van der Waals surface area contributed by atoms with Gasteiger partial charge in [0.25, 0.3) is 0 Å². The number of nitrogens with one attached hydrogen (secondary N) is 2. The summed E-state index contributed by atoms with van der Waals surface area (Å²) in [4.78, 5) is 8.71. The minimum absolute atomic E-state index is 0.522. The molecule has 2 N–H and O–H groups in total. The molecule has 2 aromatic rings. The van der Waals surface area contributed by atoms with E-state index in [9.17, 15) is 0 Å². The fourth-order valence-corrected chi connectivity index (χ4v) is 2.13. The van der Waals surface area contributed by atoms with E-state index < -0.39 is 0 Å². The van der Waals surface area contributed by atoms with Crippen molar-refractivity contribution in [3.63, 3.8) is 0 Å².